The van der Waals surface area contributed by atoms with Crippen LogP contribution in [0, 0.1) is 6.92 Å². The first kappa shape index (κ1) is 29.0. The molecule has 0 radical (unpaired) electrons. The predicted octanol–water partition coefficient (Wildman–Crippen LogP) is 7.33. The number of ether oxygens (including phenoxy) is 3. The zero-order valence-corrected chi connectivity index (χ0v) is 23.8. The van der Waals surface area contributed by atoms with Crippen LogP contribution in [0.4, 0.5) is 0 Å². The Labute approximate surface area is 242 Å². The molecular weight excluding hydrogens is 550 g/mol. The van der Waals surface area contributed by atoms with Crippen LogP contribution in [0.3, 0.4) is 0 Å². The van der Waals surface area contributed by atoms with Crippen LogP contribution < -0.4 is 9.47 Å². The van der Waals surface area contributed by atoms with Gasteiger partial charge in [-0.2, -0.15) is 0 Å². The second kappa shape index (κ2) is 13.4. The van der Waals surface area contributed by atoms with E-state index in [0.717, 1.165) is 17.3 Å². The molecule has 40 heavy (non-hydrogen) atoms. The summed E-state index contributed by atoms with van der Waals surface area (Å²) in [5.41, 5.74) is 2.88. The highest BCUT2D eigenvalue weighted by Gasteiger charge is 2.34. The zero-order chi connectivity index (χ0) is 28.6. The Morgan fingerprint density at radius 1 is 0.975 bits per heavy atom. The molecule has 0 fully saturated rings. The number of halogens is 1. The van der Waals surface area contributed by atoms with E-state index in [1.165, 1.54) is 11.6 Å². The van der Waals surface area contributed by atoms with E-state index in [4.69, 9.17) is 25.8 Å². The first-order valence-electron chi connectivity index (χ1n) is 12.6. The van der Waals surface area contributed by atoms with Crippen LogP contribution in [0.25, 0.3) is 6.08 Å². The number of carbonyl (C=O) groups is 2. The van der Waals surface area contributed by atoms with Gasteiger partial charge in [-0.1, -0.05) is 71.4 Å². The lowest BCUT2D eigenvalue weighted by atomic mass is 10.1. The molecule has 0 atom stereocenters. The molecule has 0 bridgehead atoms. The molecule has 3 aromatic rings. The normalized spacial score (nSPS) is 15.0. The Morgan fingerprint density at radius 2 is 1.73 bits per heavy atom. The summed E-state index contributed by atoms with van der Waals surface area (Å²) in [5, 5.41) is 11.2. The maximum atomic E-state index is 12.9. The summed E-state index contributed by atoms with van der Waals surface area (Å²) in [6, 6.07) is 19.9. The summed E-state index contributed by atoms with van der Waals surface area (Å²) in [6.45, 7) is 6.45. The predicted molar refractivity (Wildman–Crippen MR) is 158 cm³/mol. The third-order valence-corrected chi connectivity index (χ3v) is 7.11. The number of aliphatic hydroxyl groups excluding tert-OH is 1. The molecule has 0 saturated carbocycles. The fraction of sp³-hybridized carbons (Fsp3) is 0.194. The average Bonchev–Trinajstić information content (AvgIpc) is 3.23. The van der Waals surface area contributed by atoms with E-state index in [-0.39, 0.29) is 33.6 Å². The van der Waals surface area contributed by atoms with Gasteiger partial charge < -0.3 is 19.3 Å². The number of thioether (sulfide) groups is 1. The molecule has 206 valence electrons. The van der Waals surface area contributed by atoms with Crippen molar-refractivity contribution in [1.29, 1.82) is 0 Å². The van der Waals surface area contributed by atoms with Gasteiger partial charge in [0.25, 0.3) is 5.91 Å². The number of aliphatic imine (C=N–C) groups is 1. The molecular formula is C31H28ClNO6S. The number of carbonyl (C=O) groups excluding carboxylic acids is 2. The number of aryl methyl sites for hydroxylation is 1. The first-order chi connectivity index (χ1) is 19.3. The quantitative estimate of drug-likeness (QED) is 0.266. The Hall–Kier alpha value is -4.01. The number of hydrogen-bond donors (Lipinski definition) is 1. The van der Waals surface area contributed by atoms with Gasteiger partial charge in [0.05, 0.1) is 28.7 Å². The molecule has 0 aliphatic carbocycles. The lowest BCUT2D eigenvalue weighted by molar-refractivity contribution is -0.138. The SMILES string of the molecule is CCOC(=O)C1=C(O)/C(=C/c2ccc(OCc3ccc(C)cc3)c(OCC)c2)SC1=NC(=O)c1ccccc1Cl. The minimum atomic E-state index is -0.781. The highest BCUT2D eigenvalue weighted by Crippen LogP contribution is 2.40. The second-order valence-corrected chi connectivity index (χ2v) is 10.1. The lowest BCUT2D eigenvalue weighted by Crippen LogP contribution is -2.14. The standard InChI is InChI=1S/C31H28ClNO6S/c1-4-37-25-16-21(14-15-24(25)39-18-20-12-10-19(3)11-13-20)17-26-28(34)27(31(36)38-5-2)30(40-26)33-29(35)22-8-6-7-9-23(22)32/h6-17,34H,4-5,18H2,1-3H3/b26-17-,33-30?. The minimum absolute atomic E-state index is 0.0233. The highest BCUT2D eigenvalue weighted by molar-refractivity contribution is 8.18. The van der Waals surface area contributed by atoms with Crippen LogP contribution in [0.1, 0.15) is 40.9 Å². The van der Waals surface area contributed by atoms with E-state index in [2.05, 4.69) is 4.99 Å². The maximum absolute atomic E-state index is 12.9. The van der Waals surface area contributed by atoms with E-state index < -0.39 is 11.9 Å². The maximum Gasteiger partial charge on any atom is 0.344 e. The van der Waals surface area contributed by atoms with Crippen LogP contribution >= 0.6 is 23.4 Å². The van der Waals surface area contributed by atoms with Crippen LogP contribution in [0.2, 0.25) is 5.02 Å². The Morgan fingerprint density at radius 3 is 2.42 bits per heavy atom. The molecule has 4 rings (SSSR count). The monoisotopic (exact) mass is 577 g/mol. The van der Waals surface area contributed by atoms with E-state index >= 15 is 0 Å². The van der Waals surface area contributed by atoms with E-state index in [0.29, 0.717) is 35.2 Å². The number of nitrogens with zero attached hydrogens (tertiary/aromatic N) is 1. The zero-order valence-electron chi connectivity index (χ0n) is 22.3. The van der Waals surface area contributed by atoms with Crippen molar-refractivity contribution in [3.05, 3.63) is 110 Å². The third-order valence-electron chi connectivity index (χ3n) is 5.76. The molecule has 0 unspecified atom stereocenters. The number of aliphatic hydroxyl groups is 1. The number of rotatable bonds is 9. The second-order valence-electron chi connectivity index (χ2n) is 8.67. The van der Waals surface area contributed by atoms with Crippen molar-refractivity contribution in [3.8, 4) is 11.5 Å². The molecule has 0 saturated heterocycles. The number of hydrogen-bond acceptors (Lipinski definition) is 7. The summed E-state index contributed by atoms with van der Waals surface area (Å²) in [5.74, 6) is -0.645. The number of esters is 1. The van der Waals surface area contributed by atoms with Crippen molar-refractivity contribution >= 4 is 46.4 Å². The van der Waals surface area contributed by atoms with E-state index in [1.54, 1.807) is 43.3 Å². The molecule has 3 aromatic carbocycles. The van der Waals surface area contributed by atoms with Crippen LogP contribution in [0.5, 0.6) is 11.5 Å². The summed E-state index contributed by atoms with van der Waals surface area (Å²) in [7, 11) is 0. The van der Waals surface area contributed by atoms with Crippen molar-refractivity contribution < 1.29 is 28.9 Å². The summed E-state index contributed by atoms with van der Waals surface area (Å²) in [6.07, 6.45) is 1.67. The topological polar surface area (TPSA) is 94.4 Å². The number of amides is 1. The Kier molecular flexibility index (Phi) is 9.69. The van der Waals surface area contributed by atoms with Gasteiger partial charge in [0.2, 0.25) is 0 Å². The van der Waals surface area contributed by atoms with Crippen molar-refractivity contribution in [3.63, 3.8) is 0 Å². The molecule has 0 spiro atoms. The van der Waals surface area contributed by atoms with Crippen molar-refractivity contribution in [2.24, 2.45) is 4.99 Å². The fourth-order valence-corrected chi connectivity index (χ4v) is 5.01. The van der Waals surface area contributed by atoms with Crippen LogP contribution in [0.15, 0.2) is 88.0 Å². The Bertz CT molecular complexity index is 1510. The molecule has 7 nitrogen and oxygen atoms in total. The van der Waals surface area contributed by atoms with Gasteiger partial charge in [0, 0.05) is 0 Å². The summed E-state index contributed by atoms with van der Waals surface area (Å²) in [4.78, 5) is 30.0. The first-order valence-corrected chi connectivity index (χ1v) is 13.8. The lowest BCUT2D eigenvalue weighted by Gasteiger charge is -2.13. The molecule has 1 N–H and O–H groups in total. The molecule has 1 aliphatic rings. The van der Waals surface area contributed by atoms with E-state index in [9.17, 15) is 14.7 Å². The van der Waals surface area contributed by atoms with Crippen LogP contribution in [-0.2, 0) is 16.1 Å². The van der Waals surface area contributed by atoms with E-state index in [1.807, 2.05) is 44.2 Å². The van der Waals surface area contributed by atoms with Gasteiger partial charge in [0.15, 0.2) is 11.5 Å². The van der Waals surface area contributed by atoms with Gasteiger partial charge in [0.1, 0.15) is 23.0 Å². The molecule has 0 aromatic heterocycles. The van der Waals surface area contributed by atoms with Gasteiger partial charge in [-0.3, -0.25) is 4.79 Å². The summed E-state index contributed by atoms with van der Waals surface area (Å²) >= 11 is 7.14. The number of benzene rings is 3. The fourth-order valence-electron chi connectivity index (χ4n) is 3.78. The molecule has 1 aliphatic heterocycles. The van der Waals surface area contributed by atoms with Crippen molar-refractivity contribution in [1.82, 2.24) is 0 Å². The van der Waals surface area contributed by atoms with Gasteiger partial charge in [-0.25, -0.2) is 9.79 Å². The average molecular weight is 578 g/mol. The van der Waals surface area contributed by atoms with Crippen molar-refractivity contribution in [2.45, 2.75) is 27.4 Å². The largest absolute Gasteiger partial charge is 0.506 e. The third kappa shape index (κ3) is 6.94. The van der Waals surface area contributed by atoms with Crippen LogP contribution in [-0.4, -0.2) is 35.2 Å². The smallest absolute Gasteiger partial charge is 0.344 e. The minimum Gasteiger partial charge on any atom is -0.506 e. The molecule has 1 heterocycles. The molecule has 9 heteroatoms. The molecule has 1 amide bonds. The summed E-state index contributed by atoms with van der Waals surface area (Å²) < 4.78 is 16.9. The van der Waals surface area contributed by atoms with Gasteiger partial charge in [-0.05, 0) is 62.2 Å². The van der Waals surface area contributed by atoms with Gasteiger partial charge >= 0.3 is 5.97 Å². The Balaban J connectivity index is 1.64. The highest BCUT2D eigenvalue weighted by atomic mass is 35.5. The van der Waals surface area contributed by atoms with Gasteiger partial charge in [-0.15, -0.1) is 0 Å². The van der Waals surface area contributed by atoms with Crippen molar-refractivity contribution in [2.75, 3.05) is 13.2 Å².